The Bertz CT molecular complexity index is 1970. The van der Waals surface area contributed by atoms with Gasteiger partial charge in [0, 0.05) is 39.9 Å². The molecule has 7 aromatic rings. The second-order valence-electron chi connectivity index (χ2n) is 11.4. The van der Waals surface area contributed by atoms with Gasteiger partial charge in [0.05, 0.1) is 45.6 Å². The van der Waals surface area contributed by atoms with Crippen LogP contribution in [-0.4, -0.2) is 35.2 Å². The molecule has 0 spiro atoms. The summed E-state index contributed by atoms with van der Waals surface area (Å²) in [5.41, 5.74) is 10.1. The van der Waals surface area contributed by atoms with Crippen molar-refractivity contribution in [2.45, 2.75) is 32.1 Å². The molecule has 0 atom stereocenters. The zero-order chi connectivity index (χ0) is 32.5. The van der Waals surface area contributed by atoms with Gasteiger partial charge in [0.25, 0.3) is 0 Å². The molecule has 0 aliphatic carbocycles. The monoisotopic (exact) mass is 708 g/mol. The van der Waals surface area contributed by atoms with Gasteiger partial charge in [0.1, 0.15) is 0 Å². The normalized spacial score (nSPS) is 11.1. The van der Waals surface area contributed by atoms with E-state index in [-0.39, 0.29) is 0 Å². The van der Waals surface area contributed by atoms with E-state index in [4.69, 9.17) is 9.97 Å². The molecular formula is C40H33BrN6S. The third kappa shape index (κ3) is 7.46. The van der Waals surface area contributed by atoms with Crippen molar-refractivity contribution in [1.29, 1.82) is 0 Å². The fourth-order valence-corrected chi connectivity index (χ4v) is 7.26. The molecule has 0 aromatic carbocycles. The summed E-state index contributed by atoms with van der Waals surface area (Å²) in [4.78, 5) is 31.0. The first-order valence-corrected chi connectivity index (χ1v) is 18.1. The van der Waals surface area contributed by atoms with Crippen molar-refractivity contribution in [3.63, 3.8) is 0 Å². The molecule has 0 fully saturated rings. The predicted octanol–water partition coefficient (Wildman–Crippen LogP) is 10.6. The summed E-state index contributed by atoms with van der Waals surface area (Å²) in [5.74, 6) is 0. The third-order valence-electron chi connectivity index (χ3n) is 8.05. The number of hydrogen-bond acceptors (Lipinski definition) is 7. The standard InChI is InChI=1S/C40H33BrN6S/c41-18-8-2-1-3-13-28-27-39(29-23-35(31-14-4-9-19-42-31)46-36(24-29)32-15-5-10-20-43-32)48-40(28)30-25-37(33-16-6-11-21-44-33)47-38(26-30)34-17-7-12-22-45-34/h4-7,9-12,14-17,19-27H,1-3,8,13,18H2. The summed E-state index contributed by atoms with van der Waals surface area (Å²) in [5, 5.41) is 1.05. The molecule has 6 nitrogen and oxygen atoms in total. The molecule has 0 aliphatic heterocycles. The summed E-state index contributed by atoms with van der Waals surface area (Å²) in [6.45, 7) is 0. The lowest BCUT2D eigenvalue weighted by atomic mass is 10.0. The zero-order valence-corrected chi connectivity index (χ0v) is 28.7. The van der Waals surface area contributed by atoms with Gasteiger partial charge in [-0.3, -0.25) is 19.9 Å². The van der Waals surface area contributed by atoms with Crippen LogP contribution < -0.4 is 0 Å². The molecule has 0 saturated heterocycles. The highest BCUT2D eigenvalue weighted by atomic mass is 79.9. The number of aryl methyl sites for hydroxylation is 1. The van der Waals surface area contributed by atoms with Crippen molar-refractivity contribution in [3.05, 3.63) is 133 Å². The second kappa shape index (κ2) is 15.3. The molecule has 8 heteroatoms. The Labute approximate surface area is 293 Å². The predicted molar refractivity (Wildman–Crippen MR) is 200 cm³/mol. The van der Waals surface area contributed by atoms with Gasteiger partial charge in [0.2, 0.25) is 0 Å². The fraction of sp³-hybridized carbons (Fsp3) is 0.150. The van der Waals surface area contributed by atoms with E-state index in [1.165, 1.54) is 34.6 Å². The van der Waals surface area contributed by atoms with E-state index in [0.29, 0.717) is 0 Å². The van der Waals surface area contributed by atoms with E-state index in [1.54, 1.807) is 11.3 Å². The maximum absolute atomic E-state index is 5.03. The average Bonchev–Trinajstić information content (AvgIpc) is 3.60. The van der Waals surface area contributed by atoms with Crippen molar-refractivity contribution in [1.82, 2.24) is 29.9 Å². The molecule has 0 unspecified atom stereocenters. The Kier molecular flexibility index (Phi) is 10.1. The second-order valence-corrected chi connectivity index (χ2v) is 13.3. The SMILES string of the molecule is BrCCCCCCc1cc(-c2cc(-c3ccccn3)nc(-c3ccccn3)c2)sc1-c1cc(-c2ccccn2)nc(-c2ccccn2)c1. The van der Waals surface area contributed by atoms with Gasteiger partial charge in [-0.05, 0) is 115 Å². The fourth-order valence-electron chi connectivity index (χ4n) is 5.68. The van der Waals surface area contributed by atoms with Crippen LogP contribution in [0.4, 0.5) is 0 Å². The average molecular weight is 710 g/mol. The van der Waals surface area contributed by atoms with Gasteiger partial charge in [-0.1, -0.05) is 53.0 Å². The molecule has 0 N–H and O–H groups in total. The van der Waals surface area contributed by atoms with Gasteiger partial charge in [-0.2, -0.15) is 0 Å². The van der Waals surface area contributed by atoms with Crippen LogP contribution in [0.1, 0.15) is 31.2 Å². The van der Waals surface area contributed by atoms with Gasteiger partial charge >= 0.3 is 0 Å². The van der Waals surface area contributed by atoms with Crippen molar-refractivity contribution in [3.8, 4) is 66.4 Å². The van der Waals surface area contributed by atoms with Crippen LogP contribution in [0.2, 0.25) is 0 Å². The highest BCUT2D eigenvalue weighted by Gasteiger charge is 2.18. The molecule has 7 heterocycles. The zero-order valence-electron chi connectivity index (χ0n) is 26.3. The van der Waals surface area contributed by atoms with Crippen molar-refractivity contribution >= 4 is 27.3 Å². The van der Waals surface area contributed by atoms with Crippen molar-refractivity contribution in [2.75, 3.05) is 5.33 Å². The number of halogens is 1. The molecule has 0 bridgehead atoms. The lowest BCUT2D eigenvalue weighted by Gasteiger charge is -2.10. The Hall–Kier alpha value is -4.92. The Morgan fingerprint density at radius 1 is 0.458 bits per heavy atom. The molecule has 48 heavy (non-hydrogen) atoms. The van der Waals surface area contributed by atoms with Crippen molar-refractivity contribution in [2.24, 2.45) is 0 Å². The molecule has 0 aliphatic rings. The van der Waals surface area contributed by atoms with Crippen LogP contribution in [-0.2, 0) is 6.42 Å². The molecule has 0 radical (unpaired) electrons. The molecule has 236 valence electrons. The van der Waals surface area contributed by atoms with E-state index < -0.39 is 0 Å². The summed E-state index contributed by atoms with van der Waals surface area (Å²) < 4.78 is 0. The Morgan fingerprint density at radius 3 is 1.31 bits per heavy atom. The molecular weight excluding hydrogens is 676 g/mol. The van der Waals surface area contributed by atoms with Crippen LogP contribution in [0, 0.1) is 0 Å². The first-order chi connectivity index (χ1) is 23.7. The van der Waals surface area contributed by atoms with Gasteiger partial charge < -0.3 is 0 Å². The number of unbranched alkanes of at least 4 members (excludes halogenated alkanes) is 3. The van der Waals surface area contributed by atoms with Gasteiger partial charge in [-0.15, -0.1) is 11.3 Å². The quantitative estimate of drug-likeness (QED) is 0.0928. The first kappa shape index (κ1) is 31.7. The van der Waals surface area contributed by atoms with E-state index >= 15 is 0 Å². The van der Waals surface area contributed by atoms with E-state index in [1.807, 2.05) is 97.6 Å². The number of nitrogens with zero attached hydrogens (tertiary/aromatic N) is 6. The number of thiophene rings is 1. The lowest BCUT2D eigenvalue weighted by Crippen LogP contribution is -1.94. The van der Waals surface area contributed by atoms with Crippen molar-refractivity contribution < 1.29 is 0 Å². The van der Waals surface area contributed by atoms with E-state index in [0.717, 1.165) is 74.9 Å². The largest absolute Gasteiger partial charge is 0.255 e. The van der Waals surface area contributed by atoms with Crippen LogP contribution in [0.15, 0.2) is 128 Å². The number of pyridine rings is 6. The molecule has 0 amide bonds. The summed E-state index contributed by atoms with van der Waals surface area (Å²) >= 11 is 5.39. The minimum atomic E-state index is 0.818. The van der Waals surface area contributed by atoms with Gasteiger partial charge in [0.15, 0.2) is 0 Å². The molecule has 7 aromatic heterocycles. The Morgan fingerprint density at radius 2 is 0.896 bits per heavy atom. The number of aromatic nitrogens is 6. The Balaban J connectivity index is 1.38. The molecule has 7 rings (SSSR count). The smallest absolute Gasteiger partial charge is 0.0900 e. The molecule has 0 saturated carbocycles. The van der Waals surface area contributed by atoms with E-state index in [2.05, 4.69) is 66.2 Å². The van der Waals surface area contributed by atoms with Crippen LogP contribution in [0.3, 0.4) is 0 Å². The topological polar surface area (TPSA) is 77.3 Å². The number of rotatable bonds is 12. The lowest BCUT2D eigenvalue weighted by molar-refractivity contribution is 0.672. The maximum Gasteiger partial charge on any atom is 0.0900 e. The number of hydrogen-bond donors (Lipinski definition) is 0. The number of alkyl halides is 1. The van der Waals surface area contributed by atoms with Crippen LogP contribution >= 0.6 is 27.3 Å². The van der Waals surface area contributed by atoms with Gasteiger partial charge in [-0.25, -0.2) is 9.97 Å². The highest BCUT2D eigenvalue weighted by molar-refractivity contribution is 9.09. The van der Waals surface area contributed by atoms with Crippen LogP contribution in [0.25, 0.3) is 66.4 Å². The first-order valence-electron chi connectivity index (χ1n) is 16.1. The summed E-state index contributed by atoms with van der Waals surface area (Å²) in [7, 11) is 0. The third-order valence-corrected chi connectivity index (χ3v) is 9.88. The highest BCUT2D eigenvalue weighted by Crippen LogP contribution is 2.42. The van der Waals surface area contributed by atoms with Crippen LogP contribution in [0.5, 0.6) is 0 Å². The summed E-state index contributed by atoms with van der Waals surface area (Å²) in [6.07, 6.45) is 12.9. The summed E-state index contributed by atoms with van der Waals surface area (Å²) in [6, 6.07) is 34.7. The minimum absolute atomic E-state index is 0.818. The van der Waals surface area contributed by atoms with E-state index in [9.17, 15) is 0 Å². The minimum Gasteiger partial charge on any atom is -0.255 e. The maximum atomic E-state index is 5.03.